The van der Waals surface area contributed by atoms with E-state index in [-0.39, 0.29) is 0 Å². The molecule has 2 nitrogen and oxygen atoms in total. The Kier molecular flexibility index (Phi) is 2.53. The van der Waals surface area contributed by atoms with E-state index in [0.717, 1.165) is 17.0 Å². The normalized spacial score (nSPS) is 10.6. The molecule has 0 amide bonds. The van der Waals surface area contributed by atoms with Gasteiger partial charge < -0.3 is 4.98 Å². The molecule has 1 N–H and O–H groups in total. The van der Waals surface area contributed by atoms with Crippen molar-refractivity contribution in [1.29, 1.82) is 5.26 Å². The lowest BCUT2D eigenvalue weighted by Gasteiger charge is -1.98. The summed E-state index contributed by atoms with van der Waals surface area (Å²) in [6.07, 6.45) is 0. The molecule has 19 heavy (non-hydrogen) atoms. The fraction of sp³-hybridized carbons (Fsp3) is 0. The van der Waals surface area contributed by atoms with Crippen molar-refractivity contribution in [2.75, 3.05) is 0 Å². The van der Waals surface area contributed by atoms with Crippen LogP contribution < -0.4 is 0 Å². The smallest absolute Gasteiger partial charge is 0.126 e. The number of aromatic amines is 1. The van der Waals surface area contributed by atoms with E-state index in [9.17, 15) is 8.78 Å². The Labute approximate surface area is 107 Å². The minimum Gasteiger partial charge on any atom is -0.355 e. The van der Waals surface area contributed by atoms with Crippen molar-refractivity contribution >= 4 is 10.9 Å². The summed E-state index contributed by atoms with van der Waals surface area (Å²) in [6, 6.07) is 12.4. The van der Waals surface area contributed by atoms with Gasteiger partial charge in [0.25, 0.3) is 0 Å². The number of halogens is 2. The van der Waals surface area contributed by atoms with Crippen LogP contribution in [0.25, 0.3) is 22.2 Å². The second-order valence-corrected chi connectivity index (χ2v) is 4.25. The molecule has 1 heterocycles. The molecule has 3 aromatic rings. The molecule has 1 aromatic heterocycles. The summed E-state index contributed by atoms with van der Waals surface area (Å²) < 4.78 is 26.4. The maximum atomic E-state index is 13.2. The SMILES string of the molecule is N#Cc1ccc2[nH]c(-c3cc(F)cc(F)c3)cc2c1. The highest BCUT2D eigenvalue weighted by atomic mass is 19.1. The Hall–Kier alpha value is -2.67. The zero-order chi connectivity index (χ0) is 13.4. The lowest BCUT2D eigenvalue weighted by Crippen LogP contribution is -1.83. The third kappa shape index (κ3) is 2.06. The minimum atomic E-state index is -0.619. The highest BCUT2D eigenvalue weighted by Gasteiger charge is 2.07. The second kappa shape index (κ2) is 4.21. The maximum absolute atomic E-state index is 13.2. The van der Waals surface area contributed by atoms with Crippen LogP contribution in [0.1, 0.15) is 5.56 Å². The molecule has 0 bridgehead atoms. The first-order valence-electron chi connectivity index (χ1n) is 5.65. The Balaban J connectivity index is 2.18. The number of hydrogen-bond acceptors (Lipinski definition) is 1. The van der Waals surface area contributed by atoms with Crippen LogP contribution >= 0.6 is 0 Å². The van der Waals surface area contributed by atoms with Crippen molar-refractivity contribution in [2.45, 2.75) is 0 Å². The molecule has 0 saturated carbocycles. The first-order valence-corrected chi connectivity index (χ1v) is 5.65. The van der Waals surface area contributed by atoms with Gasteiger partial charge in [-0.25, -0.2) is 8.78 Å². The van der Waals surface area contributed by atoms with Gasteiger partial charge in [-0.15, -0.1) is 0 Å². The summed E-state index contributed by atoms with van der Waals surface area (Å²) in [5.41, 5.74) is 2.41. The molecule has 0 unspecified atom stereocenters. The standard InChI is InChI=1S/C15H8F2N2/c16-12-4-11(5-13(17)7-12)15-6-10-3-9(8-18)1-2-14(10)19-15/h1-7,19H. The summed E-state index contributed by atoms with van der Waals surface area (Å²) in [5.74, 6) is -1.24. The number of H-pyrrole nitrogens is 1. The molecule has 92 valence electrons. The summed E-state index contributed by atoms with van der Waals surface area (Å²) in [4.78, 5) is 3.07. The lowest BCUT2D eigenvalue weighted by molar-refractivity contribution is 0.584. The number of benzene rings is 2. The van der Waals surface area contributed by atoms with E-state index in [0.29, 0.717) is 16.8 Å². The molecule has 0 saturated heterocycles. The monoisotopic (exact) mass is 254 g/mol. The van der Waals surface area contributed by atoms with Crippen LogP contribution in [-0.2, 0) is 0 Å². The third-order valence-electron chi connectivity index (χ3n) is 2.92. The number of aromatic nitrogens is 1. The van der Waals surface area contributed by atoms with E-state index in [1.807, 2.05) is 0 Å². The predicted octanol–water partition coefficient (Wildman–Crippen LogP) is 3.98. The number of fused-ring (bicyclic) bond motifs is 1. The van der Waals surface area contributed by atoms with E-state index in [1.165, 1.54) is 12.1 Å². The average Bonchev–Trinajstić information content (AvgIpc) is 2.80. The molecule has 0 aliphatic rings. The van der Waals surface area contributed by atoms with Crippen LogP contribution in [0.2, 0.25) is 0 Å². The van der Waals surface area contributed by atoms with Crippen LogP contribution in [0.4, 0.5) is 8.78 Å². The molecule has 0 atom stereocenters. The van der Waals surface area contributed by atoms with Gasteiger partial charge in [-0.3, -0.25) is 0 Å². The molecule has 0 aliphatic carbocycles. The summed E-state index contributed by atoms with van der Waals surface area (Å²) in [7, 11) is 0. The van der Waals surface area contributed by atoms with Crippen LogP contribution in [0, 0.1) is 23.0 Å². The van der Waals surface area contributed by atoms with Crippen LogP contribution in [-0.4, -0.2) is 4.98 Å². The van der Waals surface area contributed by atoms with Crippen molar-refractivity contribution in [3.05, 3.63) is 59.7 Å². The van der Waals surface area contributed by atoms with Gasteiger partial charge in [-0.1, -0.05) is 0 Å². The summed E-state index contributed by atoms with van der Waals surface area (Å²) >= 11 is 0. The fourth-order valence-electron chi connectivity index (χ4n) is 2.07. The molecule has 3 rings (SSSR count). The number of nitrogens with zero attached hydrogens (tertiary/aromatic N) is 1. The predicted molar refractivity (Wildman–Crippen MR) is 68.4 cm³/mol. The van der Waals surface area contributed by atoms with Crippen LogP contribution in [0.3, 0.4) is 0 Å². The molecular weight excluding hydrogens is 246 g/mol. The number of nitrogens with one attached hydrogen (secondary N) is 1. The third-order valence-corrected chi connectivity index (χ3v) is 2.92. The molecule has 0 spiro atoms. The quantitative estimate of drug-likeness (QED) is 0.700. The molecule has 4 heteroatoms. The summed E-state index contributed by atoms with van der Waals surface area (Å²) in [6.45, 7) is 0. The van der Waals surface area contributed by atoms with E-state index < -0.39 is 11.6 Å². The number of nitriles is 1. The van der Waals surface area contributed by atoms with Gasteiger partial charge in [0.15, 0.2) is 0 Å². The number of hydrogen-bond donors (Lipinski definition) is 1. The first kappa shape index (κ1) is 11.4. The van der Waals surface area contributed by atoms with Gasteiger partial charge in [0.05, 0.1) is 11.6 Å². The lowest BCUT2D eigenvalue weighted by atomic mass is 10.1. The van der Waals surface area contributed by atoms with Gasteiger partial charge in [-0.2, -0.15) is 5.26 Å². The highest BCUT2D eigenvalue weighted by Crippen LogP contribution is 2.26. The first-order chi connectivity index (χ1) is 9.15. The van der Waals surface area contributed by atoms with Gasteiger partial charge in [0.2, 0.25) is 0 Å². The van der Waals surface area contributed by atoms with Crippen molar-refractivity contribution in [1.82, 2.24) is 4.98 Å². The fourth-order valence-corrected chi connectivity index (χ4v) is 2.07. The van der Waals surface area contributed by atoms with E-state index in [2.05, 4.69) is 11.1 Å². The van der Waals surface area contributed by atoms with Gasteiger partial charge in [0, 0.05) is 28.2 Å². The molecule has 0 radical (unpaired) electrons. The Morgan fingerprint density at radius 2 is 1.68 bits per heavy atom. The highest BCUT2D eigenvalue weighted by molar-refractivity contribution is 5.86. The summed E-state index contributed by atoms with van der Waals surface area (Å²) in [5, 5.41) is 9.67. The average molecular weight is 254 g/mol. The van der Waals surface area contributed by atoms with Crippen molar-refractivity contribution in [3.8, 4) is 17.3 Å². The molecule has 2 aromatic carbocycles. The van der Waals surface area contributed by atoms with Crippen LogP contribution in [0.5, 0.6) is 0 Å². The Morgan fingerprint density at radius 3 is 2.37 bits per heavy atom. The van der Waals surface area contributed by atoms with Gasteiger partial charge in [0.1, 0.15) is 11.6 Å². The molecular formula is C15H8F2N2. The Morgan fingerprint density at radius 1 is 0.947 bits per heavy atom. The number of rotatable bonds is 1. The van der Waals surface area contributed by atoms with Crippen molar-refractivity contribution < 1.29 is 8.78 Å². The van der Waals surface area contributed by atoms with E-state index in [1.54, 1.807) is 24.3 Å². The van der Waals surface area contributed by atoms with Gasteiger partial charge in [-0.05, 0) is 36.4 Å². The van der Waals surface area contributed by atoms with Gasteiger partial charge >= 0.3 is 0 Å². The second-order valence-electron chi connectivity index (χ2n) is 4.25. The Bertz CT molecular complexity index is 792. The van der Waals surface area contributed by atoms with Crippen molar-refractivity contribution in [2.24, 2.45) is 0 Å². The maximum Gasteiger partial charge on any atom is 0.126 e. The van der Waals surface area contributed by atoms with E-state index in [4.69, 9.17) is 5.26 Å². The molecule has 0 aliphatic heterocycles. The zero-order valence-electron chi connectivity index (χ0n) is 9.74. The largest absolute Gasteiger partial charge is 0.355 e. The van der Waals surface area contributed by atoms with Crippen molar-refractivity contribution in [3.63, 3.8) is 0 Å². The zero-order valence-corrected chi connectivity index (χ0v) is 9.74. The molecule has 0 fully saturated rings. The van der Waals surface area contributed by atoms with E-state index >= 15 is 0 Å². The van der Waals surface area contributed by atoms with Crippen LogP contribution in [0.15, 0.2) is 42.5 Å². The minimum absolute atomic E-state index is 0.437. The topological polar surface area (TPSA) is 39.6 Å².